The molecule has 2 aromatic rings. The number of nitrogens with one attached hydrogen (secondary N) is 2. The molecule has 1 amide bonds. The number of ether oxygens (including phenoxy) is 1. The number of halogens is 2. The number of hydrogen-bond donors (Lipinski definition) is 2. The number of carbonyl (C=O) groups is 1. The van der Waals surface area contributed by atoms with E-state index in [1.54, 1.807) is 17.5 Å². The molecule has 8 heteroatoms. The lowest BCUT2D eigenvalue weighted by Crippen LogP contribution is -2.37. The summed E-state index contributed by atoms with van der Waals surface area (Å²) in [6.45, 7) is 1.67. The van der Waals surface area contributed by atoms with Crippen molar-refractivity contribution in [1.29, 1.82) is 0 Å². The maximum absolute atomic E-state index is 13.8. The average Bonchev–Trinajstić information content (AvgIpc) is 3.04. The van der Waals surface area contributed by atoms with Gasteiger partial charge in [0.05, 0.1) is 18.7 Å². The van der Waals surface area contributed by atoms with Gasteiger partial charge in [0.1, 0.15) is 0 Å². The van der Waals surface area contributed by atoms with Gasteiger partial charge in [-0.3, -0.25) is 4.79 Å². The molecular formula is C16H19ClFN3O2S. The molecule has 0 bridgehead atoms. The van der Waals surface area contributed by atoms with Crippen LogP contribution < -0.4 is 15.4 Å². The summed E-state index contributed by atoms with van der Waals surface area (Å²) in [5.41, 5.74) is 1.29. The number of methoxy groups -OCH3 is 1. The Morgan fingerprint density at radius 3 is 3.00 bits per heavy atom. The van der Waals surface area contributed by atoms with Crippen molar-refractivity contribution in [2.24, 2.45) is 5.92 Å². The van der Waals surface area contributed by atoms with E-state index < -0.39 is 5.82 Å². The number of aromatic nitrogens is 1. The molecule has 1 aromatic heterocycles. The number of amides is 1. The fraction of sp³-hybridized carbons (Fsp3) is 0.375. The van der Waals surface area contributed by atoms with Crippen molar-refractivity contribution in [2.45, 2.75) is 12.8 Å². The summed E-state index contributed by atoms with van der Waals surface area (Å²) in [6, 6.07) is 4.69. The van der Waals surface area contributed by atoms with Crippen LogP contribution in [0.1, 0.15) is 12.8 Å². The maximum atomic E-state index is 13.8. The van der Waals surface area contributed by atoms with Crippen molar-refractivity contribution in [3.8, 4) is 17.0 Å². The average molecular weight is 372 g/mol. The van der Waals surface area contributed by atoms with E-state index in [1.165, 1.54) is 24.5 Å². The summed E-state index contributed by atoms with van der Waals surface area (Å²) in [6.07, 6.45) is 1.90. The molecule has 0 saturated carbocycles. The molecule has 24 heavy (non-hydrogen) atoms. The molecule has 1 unspecified atom stereocenters. The first-order valence-corrected chi connectivity index (χ1v) is 8.36. The number of piperidine rings is 1. The minimum absolute atomic E-state index is 0. The van der Waals surface area contributed by atoms with Gasteiger partial charge in [0, 0.05) is 17.5 Å². The molecule has 0 aliphatic carbocycles. The summed E-state index contributed by atoms with van der Waals surface area (Å²) in [4.78, 5) is 16.6. The van der Waals surface area contributed by atoms with Crippen molar-refractivity contribution in [2.75, 3.05) is 25.5 Å². The summed E-state index contributed by atoms with van der Waals surface area (Å²) >= 11 is 1.34. The number of carbonyl (C=O) groups excluding carboxylic acids is 1. The second-order valence-electron chi connectivity index (χ2n) is 5.42. The molecule has 1 saturated heterocycles. The quantitative estimate of drug-likeness (QED) is 0.865. The molecule has 1 fully saturated rings. The largest absolute Gasteiger partial charge is 0.494 e. The second-order valence-corrected chi connectivity index (χ2v) is 6.28. The van der Waals surface area contributed by atoms with E-state index in [2.05, 4.69) is 15.6 Å². The number of rotatable bonds is 4. The van der Waals surface area contributed by atoms with E-state index >= 15 is 0 Å². The van der Waals surface area contributed by atoms with Crippen LogP contribution in [0.15, 0.2) is 23.6 Å². The van der Waals surface area contributed by atoms with Gasteiger partial charge in [0.15, 0.2) is 16.7 Å². The number of anilines is 1. The van der Waals surface area contributed by atoms with Gasteiger partial charge in [-0.2, -0.15) is 0 Å². The zero-order valence-corrected chi connectivity index (χ0v) is 14.8. The van der Waals surface area contributed by atoms with Crippen LogP contribution in [0.4, 0.5) is 9.52 Å². The predicted molar refractivity (Wildman–Crippen MR) is 95.5 cm³/mol. The van der Waals surface area contributed by atoms with E-state index in [0.29, 0.717) is 22.9 Å². The normalized spacial score (nSPS) is 17.0. The molecule has 5 nitrogen and oxygen atoms in total. The Balaban J connectivity index is 0.00000208. The Hall–Kier alpha value is -1.70. The second kappa shape index (κ2) is 8.41. The minimum atomic E-state index is -0.433. The van der Waals surface area contributed by atoms with Gasteiger partial charge in [0.2, 0.25) is 5.91 Å². The summed E-state index contributed by atoms with van der Waals surface area (Å²) < 4.78 is 18.7. The lowest BCUT2D eigenvalue weighted by Gasteiger charge is -2.21. The molecule has 1 aliphatic heterocycles. The Morgan fingerprint density at radius 1 is 1.50 bits per heavy atom. The number of hydrogen-bond acceptors (Lipinski definition) is 5. The molecule has 3 rings (SSSR count). The fourth-order valence-corrected chi connectivity index (χ4v) is 3.30. The molecule has 1 atom stereocenters. The number of benzene rings is 1. The van der Waals surface area contributed by atoms with Crippen LogP contribution in [0.25, 0.3) is 11.3 Å². The van der Waals surface area contributed by atoms with Gasteiger partial charge >= 0.3 is 0 Å². The van der Waals surface area contributed by atoms with Crippen molar-refractivity contribution >= 4 is 34.8 Å². The van der Waals surface area contributed by atoms with E-state index in [-0.39, 0.29) is 30.0 Å². The molecule has 0 spiro atoms. The zero-order valence-electron chi connectivity index (χ0n) is 13.2. The highest BCUT2D eigenvalue weighted by atomic mass is 35.5. The smallest absolute Gasteiger partial charge is 0.230 e. The van der Waals surface area contributed by atoms with Crippen LogP contribution in [-0.2, 0) is 4.79 Å². The van der Waals surface area contributed by atoms with Crippen LogP contribution in [0, 0.1) is 11.7 Å². The van der Waals surface area contributed by atoms with Crippen LogP contribution in [-0.4, -0.2) is 31.1 Å². The number of thiazole rings is 1. The van der Waals surface area contributed by atoms with E-state index in [1.807, 2.05) is 0 Å². The Morgan fingerprint density at radius 2 is 2.33 bits per heavy atom. The molecule has 0 radical (unpaired) electrons. The summed E-state index contributed by atoms with van der Waals surface area (Å²) in [5, 5.41) is 8.40. The molecular weight excluding hydrogens is 353 g/mol. The Labute approximate surface area is 150 Å². The molecule has 2 N–H and O–H groups in total. The molecule has 2 heterocycles. The lowest BCUT2D eigenvalue weighted by atomic mass is 9.99. The van der Waals surface area contributed by atoms with Gasteiger partial charge in [-0.15, -0.1) is 23.7 Å². The molecule has 1 aliphatic rings. The summed E-state index contributed by atoms with van der Waals surface area (Å²) in [7, 11) is 1.43. The fourth-order valence-electron chi connectivity index (χ4n) is 2.57. The van der Waals surface area contributed by atoms with Crippen LogP contribution in [0.5, 0.6) is 5.75 Å². The van der Waals surface area contributed by atoms with Gasteiger partial charge in [-0.1, -0.05) is 0 Å². The van der Waals surface area contributed by atoms with Gasteiger partial charge in [0.25, 0.3) is 0 Å². The van der Waals surface area contributed by atoms with Crippen LogP contribution in [0.2, 0.25) is 0 Å². The van der Waals surface area contributed by atoms with Gasteiger partial charge in [-0.25, -0.2) is 9.37 Å². The lowest BCUT2D eigenvalue weighted by molar-refractivity contribution is -0.120. The van der Waals surface area contributed by atoms with Crippen molar-refractivity contribution in [3.63, 3.8) is 0 Å². The standard InChI is InChI=1S/C16H18FN3O2S.ClH/c1-22-14-5-4-10(7-12(14)17)13-9-23-16(19-13)20-15(21)11-3-2-6-18-8-11;/h4-5,7,9,11,18H,2-3,6,8H2,1H3,(H,19,20,21);1H. The first-order valence-electron chi connectivity index (χ1n) is 7.48. The SMILES string of the molecule is COc1ccc(-c2csc(NC(=O)C3CCCNC3)n2)cc1F.Cl. The topological polar surface area (TPSA) is 63.2 Å². The first kappa shape index (κ1) is 18.6. The third-order valence-electron chi connectivity index (χ3n) is 3.85. The van der Waals surface area contributed by atoms with Crippen molar-refractivity contribution in [1.82, 2.24) is 10.3 Å². The highest BCUT2D eigenvalue weighted by Gasteiger charge is 2.21. The maximum Gasteiger partial charge on any atom is 0.230 e. The summed E-state index contributed by atoms with van der Waals surface area (Å²) in [5.74, 6) is -0.271. The highest BCUT2D eigenvalue weighted by Crippen LogP contribution is 2.28. The van der Waals surface area contributed by atoms with Crippen LogP contribution >= 0.6 is 23.7 Å². The van der Waals surface area contributed by atoms with Crippen molar-refractivity contribution in [3.05, 3.63) is 29.4 Å². The highest BCUT2D eigenvalue weighted by molar-refractivity contribution is 7.14. The molecule has 130 valence electrons. The Kier molecular flexibility index (Phi) is 6.53. The third kappa shape index (κ3) is 4.23. The Bertz CT molecular complexity index is 704. The molecule has 1 aromatic carbocycles. The van der Waals surface area contributed by atoms with E-state index in [9.17, 15) is 9.18 Å². The van der Waals surface area contributed by atoms with Crippen molar-refractivity contribution < 1.29 is 13.9 Å². The van der Waals surface area contributed by atoms with E-state index in [0.717, 1.165) is 19.4 Å². The first-order chi connectivity index (χ1) is 11.2. The predicted octanol–water partition coefficient (Wildman–Crippen LogP) is 3.32. The van der Waals surface area contributed by atoms with Crippen LogP contribution in [0.3, 0.4) is 0 Å². The minimum Gasteiger partial charge on any atom is -0.494 e. The van der Waals surface area contributed by atoms with Gasteiger partial charge in [-0.05, 0) is 37.6 Å². The van der Waals surface area contributed by atoms with Gasteiger partial charge < -0.3 is 15.4 Å². The number of nitrogens with zero attached hydrogens (tertiary/aromatic N) is 1. The zero-order chi connectivity index (χ0) is 16.2. The monoisotopic (exact) mass is 371 g/mol. The third-order valence-corrected chi connectivity index (χ3v) is 4.61. The van der Waals surface area contributed by atoms with E-state index in [4.69, 9.17) is 4.74 Å².